The van der Waals surface area contributed by atoms with Crippen LogP contribution >= 0.6 is 0 Å². The molecule has 3 aliphatic heterocycles. The van der Waals surface area contributed by atoms with Crippen LogP contribution in [0.25, 0.3) is 0 Å². The number of allylic oxidation sites excluding steroid dienone is 2. The summed E-state index contributed by atoms with van der Waals surface area (Å²) in [5, 5.41) is 0. The van der Waals surface area contributed by atoms with Gasteiger partial charge in [0.2, 0.25) is 5.96 Å². The lowest BCUT2D eigenvalue weighted by Crippen LogP contribution is -2.64. The van der Waals surface area contributed by atoms with Crippen molar-refractivity contribution < 1.29 is 19.1 Å². The second-order valence-corrected chi connectivity index (χ2v) is 8.12. The van der Waals surface area contributed by atoms with Gasteiger partial charge < -0.3 is 9.64 Å². The third kappa shape index (κ3) is 3.32. The predicted molar refractivity (Wildman–Crippen MR) is 120 cm³/mol. The van der Waals surface area contributed by atoms with Crippen molar-refractivity contribution in [2.45, 2.75) is 52.7 Å². The molecule has 3 heterocycles. The number of guanidine groups is 1. The number of benzene rings is 1. The van der Waals surface area contributed by atoms with Crippen molar-refractivity contribution in [3.8, 4) is 0 Å². The van der Waals surface area contributed by atoms with E-state index in [1.807, 2.05) is 35.8 Å². The van der Waals surface area contributed by atoms with Crippen molar-refractivity contribution in [3.05, 3.63) is 41.2 Å². The lowest BCUT2D eigenvalue weighted by molar-refractivity contribution is -0.144. The first-order chi connectivity index (χ1) is 15.3. The SMILES string of the molecule is CCOC(=O)CCN1C(=O)C2C(N=C3N(c4ccc(CC)cc4)C(C)=C(C)N32)N(C)C1=O. The summed E-state index contributed by atoms with van der Waals surface area (Å²) in [5.41, 5.74) is 4.09. The first-order valence-electron chi connectivity index (χ1n) is 11.0. The summed E-state index contributed by atoms with van der Waals surface area (Å²) in [4.78, 5) is 49.5. The summed E-state index contributed by atoms with van der Waals surface area (Å²) in [6, 6.07) is 7.15. The quantitative estimate of drug-likeness (QED) is 0.634. The molecule has 0 saturated carbocycles. The third-order valence-electron chi connectivity index (χ3n) is 6.34. The monoisotopic (exact) mass is 439 g/mol. The van der Waals surface area contributed by atoms with Gasteiger partial charge in [0.25, 0.3) is 5.91 Å². The van der Waals surface area contributed by atoms with Crippen molar-refractivity contribution in [1.82, 2.24) is 14.7 Å². The van der Waals surface area contributed by atoms with E-state index in [4.69, 9.17) is 9.73 Å². The fourth-order valence-electron chi connectivity index (χ4n) is 4.44. The van der Waals surface area contributed by atoms with Gasteiger partial charge in [-0.3, -0.25) is 24.3 Å². The Balaban J connectivity index is 1.64. The minimum atomic E-state index is -0.662. The number of nitrogens with zero attached hydrogens (tertiary/aromatic N) is 5. The van der Waals surface area contributed by atoms with Crippen LogP contribution in [0.15, 0.2) is 40.7 Å². The first kappa shape index (κ1) is 21.9. The van der Waals surface area contributed by atoms with Crippen LogP contribution in [0.5, 0.6) is 0 Å². The Hall–Kier alpha value is -3.36. The van der Waals surface area contributed by atoms with Gasteiger partial charge in [-0.2, -0.15) is 0 Å². The lowest BCUT2D eigenvalue weighted by Gasteiger charge is -2.40. The molecule has 1 fully saturated rings. The fourth-order valence-corrected chi connectivity index (χ4v) is 4.44. The van der Waals surface area contributed by atoms with Crippen molar-refractivity contribution in [2.75, 3.05) is 25.1 Å². The van der Waals surface area contributed by atoms with Gasteiger partial charge in [0.15, 0.2) is 12.2 Å². The topological polar surface area (TPSA) is 85.8 Å². The van der Waals surface area contributed by atoms with Gasteiger partial charge in [-0.15, -0.1) is 0 Å². The van der Waals surface area contributed by atoms with Gasteiger partial charge in [-0.05, 0) is 44.9 Å². The zero-order valence-electron chi connectivity index (χ0n) is 19.2. The van der Waals surface area contributed by atoms with E-state index in [2.05, 4.69) is 19.1 Å². The Kier molecular flexibility index (Phi) is 5.66. The molecule has 2 unspecified atom stereocenters. The van der Waals surface area contributed by atoms with Gasteiger partial charge in [0, 0.05) is 30.7 Å². The molecule has 9 heteroatoms. The highest BCUT2D eigenvalue weighted by atomic mass is 16.5. The van der Waals surface area contributed by atoms with E-state index in [0.29, 0.717) is 5.96 Å². The normalized spacial score (nSPS) is 22.5. The number of ether oxygens (including phenoxy) is 1. The molecule has 32 heavy (non-hydrogen) atoms. The maximum atomic E-state index is 13.4. The molecule has 170 valence electrons. The number of imide groups is 1. The van der Waals surface area contributed by atoms with Crippen LogP contribution in [-0.2, 0) is 20.7 Å². The molecule has 4 rings (SSSR count). The van der Waals surface area contributed by atoms with Gasteiger partial charge in [0.05, 0.1) is 13.0 Å². The highest BCUT2D eigenvalue weighted by Gasteiger charge is 2.55. The number of esters is 1. The maximum Gasteiger partial charge on any atom is 0.328 e. The molecule has 3 amide bonds. The van der Waals surface area contributed by atoms with Crippen LogP contribution in [0.2, 0.25) is 0 Å². The van der Waals surface area contributed by atoms with Gasteiger partial charge in [-0.25, -0.2) is 9.79 Å². The van der Waals surface area contributed by atoms with Gasteiger partial charge in [-0.1, -0.05) is 19.1 Å². The van der Waals surface area contributed by atoms with Crippen LogP contribution in [0.1, 0.15) is 39.7 Å². The van der Waals surface area contributed by atoms with Gasteiger partial charge in [0.1, 0.15) is 0 Å². The van der Waals surface area contributed by atoms with E-state index < -0.39 is 24.2 Å². The second kappa shape index (κ2) is 8.29. The molecule has 0 spiro atoms. The number of carbonyl (C=O) groups excluding carboxylic acids is 3. The van der Waals surface area contributed by atoms with E-state index in [1.54, 1.807) is 14.0 Å². The van der Waals surface area contributed by atoms with Crippen molar-refractivity contribution >= 4 is 29.6 Å². The molecule has 0 aliphatic carbocycles. The highest BCUT2D eigenvalue weighted by molar-refractivity contribution is 6.10. The van der Waals surface area contributed by atoms with Crippen molar-refractivity contribution in [2.24, 2.45) is 4.99 Å². The van der Waals surface area contributed by atoms with Crippen LogP contribution in [0.3, 0.4) is 0 Å². The Morgan fingerprint density at radius 3 is 2.41 bits per heavy atom. The van der Waals surface area contributed by atoms with Crippen LogP contribution < -0.4 is 4.90 Å². The molecule has 9 nitrogen and oxygen atoms in total. The molecule has 0 bridgehead atoms. The number of likely N-dealkylation sites (N-methyl/N-ethyl adjacent to an activating group) is 1. The number of rotatable bonds is 6. The highest BCUT2D eigenvalue weighted by Crippen LogP contribution is 2.40. The minimum Gasteiger partial charge on any atom is -0.466 e. The number of anilines is 1. The third-order valence-corrected chi connectivity index (χ3v) is 6.34. The minimum absolute atomic E-state index is 0.0167. The summed E-state index contributed by atoms with van der Waals surface area (Å²) in [5.74, 6) is -0.146. The summed E-state index contributed by atoms with van der Waals surface area (Å²) < 4.78 is 4.95. The van der Waals surface area contributed by atoms with E-state index >= 15 is 0 Å². The number of urea groups is 1. The number of amides is 3. The number of carbonyl (C=O) groups is 3. The largest absolute Gasteiger partial charge is 0.466 e. The van der Waals surface area contributed by atoms with E-state index in [1.165, 1.54) is 10.5 Å². The molecular formula is C23H29N5O4. The number of fused-ring (bicyclic) bond motifs is 3. The smallest absolute Gasteiger partial charge is 0.328 e. The predicted octanol–water partition coefficient (Wildman–Crippen LogP) is 2.53. The summed E-state index contributed by atoms with van der Waals surface area (Å²) in [6.07, 6.45) is 0.298. The molecule has 1 saturated heterocycles. The summed E-state index contributed by atoms with van der Waals surface area (Å²) in [6.45, 7) is 8.03. The van der Waals surface area contributed by atoms with E-state index in [-0.39, 0.29) is 25.5 Å². The van der Waals surface area contributed by atoms with Crippen LogP contribution in [0, 0.1) is 0 Å². The van der Waals surface area contributed by atoms with Crippen molar-refractivity contribution in [3.63, 3.8) is 0 Å². The number of aryl methyl sites for hydroxylation is 1. The molecule has 3 aliphatic rings. The molecule has 0 aromatic heterocycles. The zero-order chi connectivity index (χ0) is 23.2. The lowest BCUT2D eigenvalue weighted by atomic mass is 10.1. The Labute approximate surface area is 187 Å². The number of hydrogen-bond acceptors (Lipinski definition) is 7. The molecule has 1 aromatic carbocycles. The average Bonchev–Trinajstić information content (AvgIpc) is 3.28. The maximum absolute atomic E-state index is 13.4. The molecule has 0 radical (unpaired) electrons. The van der Waals surface area contributed by atoms with Crippen LogP contribution in [-0.4, -0.2) is 71.0 Å². The van der Waals surface area contributed by atoms with E-state index in [0.717, 1.165) is 28.4 Å². The van der Waals surface area contributed by atoms with Gasteiger partial charge >= 0.3 is 12.0 Å². The van der Waals surface area contributed by atoms with Crippen LogP contribution in [0.4, 0.5) is 10.5 Å². The molecule has 1 aromatic rings. The molecule has 0 N–H and O–H groups in total. The number of hydrogen-bond donors (Lipinski definition) is 0. The first-order valence-corrected chi connectivity index (χ1v) is 11.0. The molecular weight excluding hydrogens is 410 g/mol. The van der Waals surface area contributed by atoms with Crippen molar-refractivity contribution in [1.29, 1.82) is 0 Å². The molecule has 2 atom stereocenters. The Bertz CT molecular complexity index is 1020. The Morgan fingerprint density at radius 2 is 1.78 bits per heavy atom. The second-order valence-electron chi connectivity index (χ2n) is 8.12. The number of aliphatic imine (C=N–C) groups is 1. The summed E-state index contributed by atoms with van der Waals surface area (Å²) >= 11 is 0. The fraction of sp³-hybridized carbons (Fsp3) is 0.478. The Morgan fingerprint density at radius 1 is 1.09 bits per heavy atom. The average molecular weight is 440 g/mol. The zero-order valence-corrected chi connectivity index (χ0v) is 19.2. The van der Waals surface area contributed by atoms with E-state index in [9.17, 15) is 14.4 Å². The summed E-state index contributed by atoms with van der Waals surface area (Å²) in [7, 11) is 1.64. The standard InChI is InChI=1S/C23H29N5O4/c1-6-16-8-10-17(11-9-16)27-14(3)15(4)28-19-20(24-22(27)28)25(5)23(31)26(21(19)30)13-12-18(29)32-7-2/h8-11,19-20H,6-7,12-13H2,1-5H3.